The maximum absolute atomic E-state index is 13.2. The molecule has 2 fully saturated rings. The number of benzene rings is 1. The number of carbonyl (C=O) groups excluding carboxylic acids is 2. The van der Waals surface area contributed by atoms with Gasteiger partial charge >= 0.3 is 0 Å². The standard InChI is InChI=1S/C22H26N4O3/c1-4-25-15-8-6-5-7-14(15)24-17(25)11-23-20(27)18-16-9-10-22(29-16)12-26(13(2)3)21(28)19(18)22/h5-10,13,16,18-19H,4,11-12H2,1-3H3,(H,23,27)/t16-,18-,19+,22+/m1/s1. The lowest BCUT2D eigenvalue weighted by Crippen LogP contribution is -2.44. The molecule has 4 heterocycles. The van der Waals surface area contributed by atoms with E-state index in [0.717, 1.165) is 23.4 Å². The Morgan fingerprint density at radius 2 is 2.17 bits per heavy atom. The van der Waals surface area contributed by atoms with Crippen molar-refractivity contribution in [2.24, 2.45) is 11.8 Å². The molecule has 0 unspecified atom stereocenters. The molecule has 3 aliphatic heterocycles. The Morgan fingerprint density at radius 3 is 2.93 bits per heavy atom. The zero-order chi connectivity index (χ0) is 20.3. The van der Waals surface area contributed by atoms with Gasteiger partial charge in [0, 0.05) is 12.6 Å². The normalized spacial score (nSPS) is 30.0. The maximum Gasteiger partial charge on any atom is 0.230 e. The predicted octanol–water partition coefficient (Wildman–Crippen LogP) is 1.86. The predicted molar refractivity (Wildman–Crippen MR) is 108 cm³/mol. The molecule has 2 bridgehead atoms. The number of ether oxygens (including phenoxy) is 1. The summed E-state index contributed by atoms with van der Waals surface area (Å²) < 4.78 is 8.26. The van der Waals surface area contributed by atoms with E-state index in [1.807, 2.05) is 55.2 Å². The fourth-order valence-corrected chi connectivity index (χ4v) is 5.16. The van der Waals surface area contributed by atoms with Crippen molar-refractivity contribution in [1.29, 1.82) is 0 Å². The molecule has 7 nitrogen and oxygen atoms in total. The number of aryl methyl sites for hydroxylation is 1. The molecule has 3 aliphatic rings. The van der Waals surface area contributed by atoms with Crippen molar-refractivity contribution in [2.45, 2.75) is 51.6 Å². The van der Waals surface area contributed by atoms with Gasteiger partial charge in [-0.05, 0) is 32.9 Å². The number of aromatic nitrogens is 2. The zero-order valence-electron chi connectivity index (χ0n) is 17.0. The van der Waals surface area contributed by atoms with Crippen molar-refractivity contribution in [2.75, 3.05) is 6.54 Å². The van der Waals surface area contributed by atoms with Crippen LogP contribution in [0.3, 0.4) is 0 Å². The number of nitrogens with one attached hydrogen (secondary N) is 1. The molecular weight excluding hydrogens is 368 g/mol. The number of fused-ring (bicyclic) bond motifs is 2. The number of likely N-dealkylation sites (tertiary alicyclic amines) is 1. The van der Waals surface area contributed by atoms with Gasteiger partial charge in [0.05, 0.1) is 42.1 Å². The molecule has 5 rings (SSSR count). The fraction of sp³-hybridized carbons (Fsp3) is 0.500. The first-order chi connectivity index (χ1) is 13.9. The van der Waals surface area contributed by atoms with Gasteiger partial charge in [-0.15, -0.1) is 0 Å². The highest BCUT2D eigenvalue weighted by molar-refractivity contribution is 5.93. The summed E-state index contributed by atoms with van der Waals surface area (Å²) in [6, 6.07) is 8.05. The third kappa shape index (κ3) is 2.56. The monoisotopic (exact) mass is 394 g/mol. The highest BCUT2D eigenvalue weighted by Gasteiger charge is 2.67. The third-order valence-electron chi connectivity index (χ3n) is 6.53. The van der Waals surface area contributed by atoms with Crippen LogP contribution in [0.4, 0.5) is 0 Å². The molecule has 2 saturated heterocycles. The highest BCUT2D eigenvalue weighted by Crippen LogP contribution is 2.52. The van der Waals surface area contributed by atoms with E-state index in [1.165, 1.54) is 0 Å². The average molecular weight is 394 g/mol. The Balaban J connectivity index is 1.37. The van der Waals surface area contributed by atoms with Crippen molar-refractivity contribution >= 4 is 22.8 Å². The minimum absolute atomic E-state index is 0.0211. The molecule has 0 aliphatic carbocycles. The van der Waals surface area contributed by atoms with Crippen LogP contribution in [-0.4, -0.2) is 50.6 Å². The van der Waals surface area contributed by atoms with Gasteiger partial charge in [0.15, 0.2) is 0 Å². The SMILES string of the molecule is CCn1c(CNC(=O)[C@H]2[C@H]3C(=O)N(C(C)C)C[C@@]34C=C[C@H]2O4)nc2ccccc21. The van der Waals surface area contributed by atoms with Crippen LogP contribution in [0.5, 0.6) is 0 Å². The molecular formula is C22H26N4O3. The van der Waals surface area contributed by atoms with Crippen LogP contribution < -0.4 is 5.32 Å². The highest BCUT2D eigenvalue weighted by atomic mass is 16.5. The van der Waals surface area contributed by atoms with Gasteiger partial charge in [-0.3, -0.25) is 9.59 Å². The number of hydrogen-bond acceptors (Lipinski definition) is 4. The average Bonchev–Trinajstić information content (AvgIpc) is 3.43. The Bertz CT molecular complexity index is 1030. The first-order valence-corrected chi connectivity index (χ1v) is 10.3. The van der Waals surface area contributed by atoms with Crippen LogP contribution in [0.15, 0.2) is 36.4 Å². The Kier molecular flexibility index (Phi) is 4.07. The fourth-order valence-electron chi connectivity index (χ4n) is 5.16. The smallest absolute Gasteiger partial charge is 0.230 e. The third-order valence-corrected chi connectivity index (χ3v) is 6.53. The van der Waals surface area contributed by atoms with E-state index in [1.54, 1.807) is 0 Å². The van der Waals surface area contributed by atoms with E-state index < -0.39 is 17.4 Å². The Labute approximate surface area is 169 Å². The molecule has 2 aromatic rings. The van der Waals surface area contributed by atoms with Crippen LogP contribution in [0.2, 0.25) is 0 Å². The summed E-state index contributed by atoms with van der Waals surface area (Å²) in [5.41, 5.74) is 1.33. The lowest BCUT2D eigenvalue weighted by molar-refractivity contribution is -0.138. The van der Waals surface area contributed by atoms with E-state index in [4.69, 9.17) is 4.74 Å². The summed E-state index contributed by atoms with van der Waals surface area (Å²) in [6.45, 7) is 7.69. The van der Waals surface area contributed by atoms with Gasteiger partial charge in [0.25, 0.3) is 0 Å². The number of carbonyl (C=O) groups is 2. The van der Waals surface area contributed by atoms with Crippen molar-refractivity contribution in [1.82, 2.24) is 19.8 Å². The molecule has 7 heteroatoms. The van der Waals surface area contributed by atoms with Gasteiger partial charge in [-0.25, -0.2) is 4.98 Å². The van der Waals surface area contributed by atoms with Gasteiger partial charge in [-0.2, -0.15) is 0 Å². The molecule has 0 saturated carbocycles. The van der Waals surface area contributed by atoms with Crippen LogP contribution in [-0.2, 0) is 27.4 Å². The lowest BCUT2D eigenvalue weighted by Gasteiger charge is -2.24. The van der Waals surface area contributed by atoms with Gasteiger partial charge < -0.3 is 19.5 Å². The summed E-state index contributed by atoms with van der Waals surface area (Å²) in [5.74, 6) is -0.230. The minimum atomic E-state index is -0.648. The van der Waals surface area contributed by atoms with Crippen molar-refractivity contribution < 1.29 is 14.3 Å². The second kappa shape index (κ2) is 6.42. The molecule has 1 aromatic carbocycles. The van der Waals surface area contributed by atoms with E-state index in [9.17, 15) is 9.59 Å². The second-order valence-electron chi connectivity index (χ2n) is 8.44. The number of rotatable bonds is 5. The number of nitrogens with zero attached hydrogens (tertiary/aromatic N) is 3. The van der Waals surface area contributed by atoms with Gasteiger partial charge in [-0.1, -0.05) is 24.3 Å². The van der Waals surface area contributed by atoms with Crippen LogP contribution in [0.1, 0.15) is 26.6 Å². The summed E-state index contributed by atoms with van der Waals surface area (Å²) in [4.78, 5) is 32.7. The Hall–Kier alpha value is -2.67. The molecule has 0 radical (unpaired) electrons. The van der Waals surface area contributed by atoms with Crippen molar-refractivity contribution in [3.63, 3.8) is 0 Å². The van der Waals surface area contributed by atoms with Gasteiger partial charge in [0.2, 0.25) is 11.8 Å². The van der Waals surface area contributed by atoms with E-state index in [0.29, 0.717) is 13.1 Å². The summed E-state index contributed by atoms with van der Waals surface area (Å²) >= 11 is 0. The van der Waals surface area contributed by atoms with Crippen LogP contribution in [0, 0.1) is 11.8 Å². The molecule has 4 atom stereocenters. The van der Waals surface area contributed by atoms with Crippen molar-refractivity contribution in [3.05, 3.63) is 42.2 Å². The topological polar surface area (TPSA) is 76.5 Å². The minimum Gasteiger partial charge on any atom is -0.360 e. The largest absolute Gasteiger partial charge is 0.360 e. The number of imidazole rings is 1. The maximum atomic E-state index is 13.2. The lowest BCUT2D eigenvalue weighted by atomic mass is 9.77. The van der Waals surface area contributed by atoms with Crippen molar-refractivity contribution in [3.8, 4) is 0 Å². The summed E-state index contributed by atoms with van der Waals surface area (Å²) in [5, 5.41) is 3.03. The van der Waals surface area contributed by atoms with Gasteiger partial charge in [0.1, 0.15) is 11.4 Å². The quantitative estimate of drug-likeness (QED) is 0.786. The van der Waals surface area contributed by atoms with Crippen LogP contribution in [0.25, 0.3) is 11.0 Å². The first-order valence-electron chi connectivity index (χ1n) is 10.3. The number of hydrogen-bond donors (Lipinski definition) is 1. The zero-order valence-corrected chi connectivity index (χ0v) is 17.0. The number of para-hydroxylation sites is 2. The molecule has 1 N–H and O–H groups in total. The second-order valence-corrected chi connectivity index (χ2v) is 8.44. The number of amides is 2. The van der Waals surface area contributed by atoms with Crippen LogP contribution >= 0.6 is 0 Å². The molecule has 1 aromatic heterocycles. The summed E-state index contributed by atoms with van der Waals surface area (Å²) in [7, 11) is 0. The molecule has 2 amide bonds. The molecule has 1 spiro atoms. The van der Waals surface area contributed by atoms with E-state index >= 15 is 0 Å². The van der Waals surface area contributed by atoms with E-state index in [-0.39, 0.29) is 24.0 Å². The molecule has 152 valence electrons. The summed E-state index contributed by atoms with van der Waals surface area (Å²) in [6.07, 6.45) is 3.60. The van der Waals surface area contributed by atoms with E-state index in [2.05, 4.69) is 21.8 Å². The molecule has 29 heavy (non-hydrogen) atoms. The first kappa shape index (κ1) is 18.4. The Morgan fingerprint density at radius 1 is 1.38 bits per heavy atom.